The van der Waals surface area contributed by atoms with Crippen LogP contribution < -0.4 is 5.32 Å². The minimum atomic E-state index is -0.540. The van der Waals surface area contributed by atoms with E-state index in [0.717, 1.165) is 30.4 Å². The fourth-order valence-corrected chi connectivity index (χ4v) is 4.55. The number of thiazole rings is 1. The second kappa shape index (κ2) is 10.4. The zero-order valence-corrected chi connectivity index (χ0v) is 18.6. The summed E-state index contributed by atoms with van der Waals surface area (Å²) in [5, 5.41) is 13.2. The second-order valence-corrected chi connectivity index (χ2v) is 8.66. The first kappa shape index (κ1) is 22.7. The van der Waals surface area contributed by atoms with Crippen LogP contribution in [-0.2, 0) is 11.3 Å². The predicted octanol–water partition coefficient (Wildman–Crippen LogP) is 2.69. The maximum absolute atomic E-state index is 13.1. The van der Waals surface area contributed by atoms with E-state index >= 15 is 0 Å². The highest BCUT2D eigenvalue weighted by Crippen LogP contribution is 2.28. The Morgan fingerprint density at radius 3 is 2.69 bits per heavy atom. The lowest BCUT2D eigenvalue weighted by Crippen LogP contribution is -2.43. The third kappa shape index (κ3) is 5.28. The lowest BCUT2D eigenvalue weighted by molar-refractivity contribution is 0.0169. The van der Waals surface area contributed by atoms with Crippen LogP contribution in [0.5, 0.6) is 0 Å². The number of hydrogen-bond donors (Lipinski definition) is 2. The summed E-state index contributed by atoms with van der Waals surface area (Å²) in [5.41, 5.74) is 0.831. The van der Waals surface area contributed by atoms with Gasteiger partial charge in [-0.2, -0.15) is 0 Å². The summed E-state index contributed by atoms with van der Waals surface area (Å²) in [4.78, 5) is 28.3. The van der Waals surface area contributed by atoms with Crippen LogP contribution in [0.3, 0.4) is 0 Å². The maximum atomic E-state index is 13.1. The molecule has 3 heterocycles. The van der Waals surface area contributed by atoms with Gasteiger partial charge in [-0.3, -0.25) is 9.69 Å². The molecule has 0 saturated carbocycles. The van der Waals surface area contributed by atoms with Crippen molar-refractivity contribution in [3.63, 3.8) is 0 Å². The largest absolute Gasteiger partial charge is 0.389 e. The van der Waals surface area contributed by atoms with E-state index in [0.29, 0.717) is 36.2 Å². The Morgan fingerprint density at radius 2 is 2.00 bits per heavy atom. The fourth-order valence-electron chi connectivity index (χ4n) is 3.43. The molecular formula is C21H21ClFN5O3S. The summed E-state index contributed by atoms with van der Waals surface area (Å²) in [7, 11) is 0. The highest BCUT2D eigenvalue weighted by atomic mass is 35.5. The van der Waals surface area contributed by atoms with Crippen molar-refractivity contribution in [1.29, 1.82) is 0 Å². The SMILES string of the molecule is O=C(NCC(c1cnc(CO)s1)N1CCOCC1)c1cc(-c2ncc(F)cn2)ccc1Cl. The number of hydrogen-bond acceptors (Lipinski definition) is 8. The van der Waals surface area contributed by atoms with Gasteiger partial charge in [-0.25, -0.2) is 19.3 Å². The number of nitrogens with zero attached hydrogens (tertiary/aromatic N) is 4. The summed E-state index contributed by atoms with van der Waals surface area (Å²) >= 11 is 7.70. The van der Waals surface area contributed by atoms with Crippen molar-refractivity contribution in [3.05, 3.63) is 63.1 Å². The third-order valence-corrected chi connectivity index (χ3v) is 6.48. The lowest BCUT2D eigenvalue weighted by Gasteiger charge is -2.33. The Balaban J connectivity index is 1.52. The van der Waals surface area contributed by atoms with Crippen molar-refractivity contribution in [2.24, 2.45) is 0 Å². The zero-order chi connectivity index (χ0) is 22.5. The number of benzene rings is 1. The number of carbonyl (C=O) groups excluding carboxylic acids is 1. The summed E-state index contributed by atoms with van der Waals surface area (Å²) in [6.45, 7) is 2.89. The van der Waals surface area contributed by atoms with Gasteiger partial charge in [0.1, 0.15) is 5.01 Å². The van der Waals surface area contributed by atoms with E-state index < -0.39 is 5.82 Å². The van der Waals surface area contributed by atoms with Crippen LogP contribution in [0.15, 0.2) is 36.8 Å². The first-order valence-corrected chi connectivity index (χ1v) is 11.2. The molecule has 1 aliphatic heterocycles. The molecule has 2 aromatic heterocycles. The number of carbonyl (C=O) groups is 1. The van der Waals surface area contributed by atoms with Gasteiger partial charge >= 0.3 is 0 Å². The molecule has 0 aliphatic carbocycles. The van der Waals surface area contributed by atoms with Gasteiger partial charge in [-0.15, -0.1) is 11.3 Å². The molecule has 1 fully saturated rings. The first-order chi connectivity index (χ1) is 15.5. The van der Waals surface area contributed by atoms with Gasteiger partial charge in [-0.05, 0) is 18.2 Å². The van der Waals surface area contributed by atoms with Gasteiger partial charge in [0.25, 0.3) is 5.91 Å². The van der Waals surface area contributed by atoms with Crippen LogP contribution in [-0.4, -0.2) is 63.7 Å². The molecule has 1 aromatic carbocycles. The number of aliphatic hydroxyl groups excluding tert-OH is 1. The molecule has 1 aliphatic rings. The van der Waals surface area contributed by atoms with Gasteiger partial charge in [0.15, 0.2) is 11.6 Å². The van der Waals surface area contributed by atoms with Crippen LogP contribution in [0.4, 0.5) is 4.39 Å². The Labute approximate surface area is 193 Å². The van der Waals surface area contributed by atoms with Crippen molar-refractivity contribution in [3.8, 4) is 11.4 Å². The molecule has 8 nitrogen and oxygen atoms in total. The van der Waals surface area contributed by atoms with Crippen molar-refractivity contribution < 1.29 is 19.0 Å². The molecule has 1 atom stereocenters. The molecule has 0 bridgehead atoms. The maximum Gasteiger partial charge on any atom is 0.252 e. The van der Waals surface area contributed by atoms with Crippen molar-refractivity contribution in [2.75, 3.05) is 32.8 Å². The molecular weight excluding hydrogens is 457 g/mol. The van der Waals surface area contributed by atoms with Crippen molar-refractivity contribution in [1.82, 2.24) is 25.2 Å². The van der Waals surface area contributed by atoms with Gasteiger partial charge in [0.05, 0.1) is 48.8 Å². The number of aliphatic hydroxyl groups is 1. The molecule has 168 valence electrons. The van der Waals surface area contributed by atoms with E-state index in [4.69, 9.17) is 16.3 Å². The van der Waals surface area contributed by atoms with Gasteiger partial charge in [0.2, 0.25) is 0 Å². The molecule has 11 heteroatoms. The molecule has 0 radical (unpaired) electrons. The number of halogens is 2. The summed E-state index contributed by atoms with van der Waals surface area (Å²) in [6, 6.07) is 4.75. The molecule has 1 unspecified atom stereocenters. The predicted molar refractivity (Wildman–Crippen MR) is 118 cm³/mol. The minimum Gasteiger partial charge on any atom is -0.389 e. The number of morpholine rings is 1. The Kier molecular flexibility index (Phi) is 7.38. The van der Waals surface area contributed by atoms with Crippen molar-refractivity contribution in [2.45, 2.75) is 12.6 Å². The van der Waals surface area contributed by atoms with Crippen LogP contribution in [0.25, 0.3) is 11.4 Å². The zero-order valence-electron chi connectivity index (χ0n) is 17.0. The number of ether oxygens (including phenoxy) is 1. The lowest BCUT2D eigenvalue weighted by atomic mass is 10.1. The summed E-state index contributed by atoms with van der Waals surface area (Å²) in [5.74, 6) is -0.587. The number of nitrogens with one attached hydrogen (secondary N) is 1. The number of rotatable bonds is 7. The smallest absolute Gasteiger partial charge is 0.252 e. The van der Waals surface area contributed by atoms with Crippen LogP contribution in [0.2, 0.25) is 5.02 Å². The van der Waals surface area contributed by atoms with Gasteiger partial charge in [0, 0.05) is 36.3 Å². The monoisotopic (exact) mass is 477 g/mol. The topological polar surface area (TPSA) is 100 Å². The van der Waals surface area contributed by atoms with E-state index in [1.807, 2.05) is 0 Å². The third-order valence-electron chi connectivity index (χ3n) is 5.07. The second-order valence-electron chi connectivity index (χ2n) is 7.11. The van der Waals surface area contributed by atoms with Crippen LogP contribution >= 0.6 is 22.9 Å². The van der Waals surface area contributed by atoms with Gasteiger partial charge < -0.3 is 15.2 Å². The van der Waals surface area contributed by atoms with Crippen LogP contribution in [0, 0.1) is 5.82 Å². The average Bonchev–Trinajstić information content (AvgIpc) is 3.30. The Hall–Kier alpha value is -2.50. The summed E-state index contributed by atoms with van der Waals surface area (Å²) < 4.78 is 18.6. The molecule has 2 N–H and O–H groups in total. The van der Waals surface area contributed by atoms with E-state index in [-0.39, 0.29) is 29.1 Å². The van der Waals surface area contributed by atoms with Gasteiger partial charge in [-0.1, -0.05) is 11.6 Å². The van der Waals surface area contributed by atoms with Crippen molar-refractivity contribution >= 4 is 28.8 Å². The fraction of sp³-hybridized carbons (Fsp3) is 0.333. The summed E-state index contributed by atoms with van der Waals surface area (Å²) in [6.07, 6.45) is 3.88. The Morgan fingerprint density at radius 1 is 1.25 bits per heavy atom. The molecule has 32 heavy (non-hydrogen) atoms. The molecule has 1 saturated heterocycles. The highest BCUT2D eigenvalue weighted by molar-refractivity contribution is 7.11. The highest BCUT2D eigenvalue weighted by Gasteiger charge is 2.26. The standard InChI is InChI=1S/C21H21ClFN5O3S/c22-16-2-1-13(20-25-8-14(23)9-26-20)7-15(16)21(30)27-10-17(28-3-5-31-6-4-28)18-11-24-19(12-29)32-18/h1-2,7-9,11,17,29H,3-6,10,12H2,(H,27,30). The first-order valence-electron chi connectivity index (χ1n) is 9.98. The minimum absolute atomic E-state index is 0.108. The van der Waals surface area contributed by atoms with E-state index in [1.165, 1.54) is 11.3 Å². The molecule has 0 spiro atoms. The normalized spacial score (nSPS) is 15.5. The Bertz CT molecular complexity index is 1080. The quantitative estimate of drug-likeness (QED) is 0.539. The van der Waals surface area contributed by atoms with Crippen LogP contribution in [0.1, 0.15) is 26.3 Å². The molecule has 3 aromatic rings. The van der Waals surface area contributed by atoms with E-state index in [2.05, 4.69) is 25.2 Å². The average molecular weight is 478 g/mol. The molecule has 4 rings (SSSR count). The van der Waals surface area contributed by atoms with E-state index in [9.17, 15) is 14.3 Å². The number of amides is 1. The molecule has 1 amide bonds. The number of aromatic nitrogens is 3. The van der Waals surface area contributed by atoms with E-state index in [1.54, 1.807) is 24.4 Å².